The summed E-state index contributed by atoms with van der Waals surface area (Å²) in [6, 6.07) is 7.80. The first-order chi connectivity index (χ1) is 10.0. The van der Waals surface area contributed by atoms with Crippen molar-refractivity contribution in [1.29, 1.82) is 0 Å². The molecule has 0 atom stereocenters. The molecule has 0 radical (unpaired) electrons. The fraction of sp³-hybridized carbons (Fsp3) is 0.353. The van der Waals surface area contributed by atoms with Crippen LogP contribution in [0.3, 0.4) is 0 Å². The Morgan fingerprint density at radius 1 is 1.24 bits per heavy atom. The quantitative estimate of drug-likeness (QED) is 0.887. The third-order valence-electron chi connectivity index (χ3n) is 3.40. The standard InChI is InChI=1S/C17H21ClN2O/c1-5-13-9-14(6-7-16(13)18)21-17-15(10-19-4)11(2)8-12(3)20-17/h6-9,19H,5,10H2,1-4H3. The van der Waals surface area contributed by atoms with Crippen molar-refractivity contribution in [3.05, 3.63) is 51.7 Å². The molecule has 0 spiro atoms. The summed E-state index contributed by atoms with van der Waals surface area (Å²) in [6.45, 7) is 6.85. The molecule has 0 fully saturated rings. The summed E-state index contributed by atoms with van der Waals surface area (Å²) in [5.41, 5.74) is 4.29. The van der Waals surface area contributed by atoms with Gasteiger partial charge >= 0.3 is 0 Å². The molecule has 0 aliphatic rings. The monoisotopic (exact) mass is 304 g/mol. The molecule has 3 nitrogen and oxygen atoms in total. The molecule has 1 heterocycles. The molecule has 1 N–H and O–H groups in total. The maximum absolute atomic E-state index is 6.15. The van der Waals surface area contributed by atoms with Gasteiger partial charge in [-0.1, -0.05) is 18.5 Å². The molecule has 0 saturated heterocycles. The van der Waals surface area contributed by atoms with Crippen molar-refractivity contribution in [3.63, 3.8) is 0 Å². The lowest BCUT2D eigenvalue weighted by atomic mass is 10.1. The van der Waals surface area contributed by atoms with Crippen molar-refractivity contribution < 1.29 is 4.74 Å². The molecule has 2 rings (SSSR count). The summed E-state index contributed by atoms with van der Waals surface area (Å²) in [5, 5.41) is 3.93. The SMILES string of the molecule is CCc1cc(Oc2nc(C)cc(C)c2CNC)ccc1Cl. The zero-order chi connectivity index (χ0) is 15.4. The maximum Gasteiger partial charge on any atom is 0.224 e. The minimum atomic E-state index is 0.659. The fourth-order valence-electron chi connectivity index (χ4n) is 2.30. The molecule has 0 bridgehead atoms. The number of hydrogen-bond donors (Lipinski definition) is 1. The number of halogens is 1. The highest BCUT2D eigenvalue weighted by molar-refractivity contribution is 6.31. The van der Waals surface area contributed by atoms with Gasteiger partial charge in [-0.3, -0.25) is 0 Å². The second-order valence-corrected chi connectivity index (χ2v) is 5.51. The van der Waals surface area contributed by atoms with Crippen LogP contribution < -0.4 is 10.1 Å². The van der Waals surface area contributed by atoms with E-state index in [0.717, 1.165) is 40.6 Å². The highest BCUT2D eigenvalue weighted by atomic mass is 35.5. The van der Waals surface area contributed by atoms with Crippen LogP contribution in [0, 0.1) is 13.8 Å². The lowest BCUT2D eigenvalue weighted by Crippen LogP contribution is -2.09. The number of rotatable bonds is 5. The van der Waals surface area contributed by atoms with Crippen LogP contribution >= 0.6 is 11.6 Å². The maximum atomic E-state index is 6.15. The van der Waals surface area contributed by atoms with Crippen molar-refractivity contribution in [2.45, 2.75) is 33.7 Å². The average Bonchev–Trinajstić information content (AvgIpc) is 2.44. The van der Waals surface area contributed by atoms with E-state index in [4.69, 9.17) is 16.3 Å². The van der Waals surface area contributed by atoms with E-state index in [1.807, 2.05) is 32.2 Å². The van der Waals surface area contributed by atoms with Gasteiger partial charge in [0, 0.05) is 22.8 Å². The number of pyridine rings is 1. The summed E-state index contributed by atoms with van der Waals surface area (Å²) in [7, 11) is 1.92. The topological polar surface area (TPSA) is 34.1 Å². The Kier molecular flexibility index (Phi) is 5.21. The van der Waals surface area contributed by atoms with Crippen LogP contribution in [0.4, 0.5) is 0 Å². The first-order valence-corrected chi connectivity index (χ1v) is 7.51. The number of benzene rings is 1. The highest BCUT2D eigenvalue weighted by Gasteiger charge is 2.11. The molecule has 0 aliphatic carbocycles. The van der Waals surface area contributed by atoms with Crippen molar-refractivity contribution in [1.82, 2.24) is 10.3 Å². The van der Waals surface area contributed by atoms with Crippen molar-refractivity contribution in [2.75, 3.05) is 7.05 Å². The van der Waals surface area contributed by atoms with E-state index in [-0.39, 0.29) is 0 Å². The Labute approximate surface area is 131 Å². The van der Waals surface area contributed by atoms with Gasteiger partial charge in [0.25, 0.3) is 0 Å². The normalized spacial score (nSPS) is 10.7. The van der Waals surface area contributed by atoms with E-state index in [1.165, 1.54) is 5.56 Å². The average molecular weight is 305 g/mol. The highest BCUT2D eigenvalue weighted by Crippen LogP contribution is 2.29. The van der Waals surface area contributed by atoms with Crippen LogP contribution in [0.25, 0.3) is 0 Å². The molecule has 4 heteroatoms. The van der Waals surface area contributed by atoms with Crippen LogP contribution in [0.1, 0.15) is 29.3 Å². The van der Waals surface area contributed by atoms with Gasteiger partial charge < -0.3 is 10.1 Å². The third-order valence-corrected chi connectivity index (χ3v) is 3.77. The lowest BCUT2D eigenvalue weighted by Gasteiger charge is -2.14. The number of nitrogens with one attached hydrogen (secondary N) is 1. The molecule has 0 aliphatic heterocycles. The number of ether oxygens (including phenoxy) is 1. The van der Waals surface area contributed by atoms with Gasteiger partial charge in [0.2, 0.25) is 5.88 Å². The second kappa shape index (κ2) is 6.92. The molecule has 0 amide bonds. The lowest BCUT2D eigenvalue weighted by molar-refractivity contribution is 0.451. The molecular weight excluding hydrogens is 284 g/mol. The minimum absolute atomic E-state index is 0.659. The van der Waals surface area contributed by atoms with Gasteiger partial charge in [0.1, 0.15) is 5.75 Å². The predicted octanol–water partition coefficient (Wildman–Crippen LogP) is 4.43. The van der Waals surface area contributed by atoms with Gasteiger partial charge in [-0.05, 0) is 62.7 Å². The Balaban J connectivity index is 2.38. The molecule has 0 unspecified atom stereocenters. The van der Waals surface area contributed by atoms with Gasteiger partial charge in [-0.25, -0.2) is 4.98 Å². The number of aryl methyl sites for hydroxylation is 3. The van der Waals surface area contributed by atoms with Gasteiger partial charge in [-0.15, -0.1) is 0 Å². The van der Waals surface area contributed by atoms with E-state index < -0.39 is 0 Å². The molecular formula is C17H21ClN2O. The van der Waals surface area contributed by atoms with E-state index in [9.17, 15) is 0 Å². The summed E-state index contributed by atoms with van der Waals surface area (Å²) in [4.78, 5) is 4.53. The summed E-state index contributed by atoms with van der Waals surface area (Å²) < 4.78 is 6.01. The minimum Gasteiger partial charge on any atom is -0.439 e. The number of nitrogens with zero attached hydrogens (tertiary/aromatic N) is 1. The van der Waals surface area contributed by atoms with Gasteiger partial charge in [0.15, 0.2) is 0 Å². The van der Waals surface area contributed by atoms with Crippen LogP contribution in [0.2, 0.25) is 5.02 Å². The summed E-state index contributed by atoms with van der Waals surface area (Å²) in [5.74, 6) is 1.43. The smallest absolute Gasteiger partial charge is 0.224 e. The van der Waals surface area contributed by atoms with Crippen LogP contribution in [-0.2, 0) is 13.0 Å². The molecule has 2 aromatic rings. The van der Waals surface area contributed by atoms with E-state index in [0.29, 0.717) is 5.88 Å². The molecule has 112 valence electrons. The second-order valence-electron chi connectivity index (χ2n) is 5.10. The van der Waals surface area contributed by atoms with Crippen LogP contribution in [0.5, 0.6) is 11.6 Å². The fourth-order valence-corrected chi connectivity index (χ4v) is 2.55. The summed E-state index contributed by atoms with van der Waals surface area (Å²) in [6.07, 6.45) is 0.875. The number of hydrogen-bond acceptors (Lipinski definition) is 3. The molecule has 0 saturated carbocycles. The zero-order valence-electron chi connectivity index (χ0n) is 13.0. The van der Waals surface area contributed by atoms with Crippen molar-refractivity contribution >= 4 is 11.6 Å². The van der Waals surface area contributed by atoms with Gasteiger partial charge in [-0.2, -0.15) is 0 Å². The van der Waals surface area contributed by atoms with E-state index in [1.54, 1.807) is 0 Å². The van der Waals surface area contributed by atoms with Crippen molar-refractivity contribution in [2.24, 2.45) is 0 Å². The Morgan fingerprint density at radius 3 is 2.67 bits per heavy atom. The van der Waals surface area contributed by atoms with E-state index >= 15 is 0 Å². The largest absolute Gasteiger partial charge is 0.439 e. The Morgan fingerprint density at radius 2 is 2.00 bits per heavy atom. The van der Waals surface area contributed by atoms with Gasteiger partial charge in [0.05, 0.1) is 0 Å². The molecule has 1 aromatic carbocycles. The molecule has 1 aromatic heterocycles. The Bertz CT molecular complexity index is 641. The Hall–Kier alpha value is -1.58. The van der Waals surface area contributed by atoms with Crippen molar-refractivity contribution in [3.8, 4) is 11.6 Å². The zero-order valence-corrected chi connectivity index (χ0v) is 13.7. The summed E-state index contributed by atoms with van der Waals surface area (Å²) >= 11 is 6.15. The first-order valence-electron chi connectivity index (χ1n) is 7.13. The predicted molar refractivity (Wildman–Crippen MR) is 87.4 cm³/mol. The molecule has 21 heavy (non-hydrogen) atoms. The third kappa shape index (κ3) is 3.74. The number of aromatic nitrogens is 1. The van der Waals surface area contributed by atoms with Crippen LogP contribution in [0.15, 0.2) is 24.3 Å². The first kappa shape index (κ1) is 15.8. The van der Waals surface area contributed by atoms with Crippen LogP contribution in [-0.4, -0.2) is 12.0 Å². The van der Waals surface area contributed by atoms with E-state index in [2.05, 4.69) is 30.2 Å².